The molecule has 1 heterocycles. The van der Waals surface area contributed by atoms with Crippen LogP contribution < -0.4 is 5.32 Å². The van der Waals surface area contributed by atoms with Crippen LogP contribution in [-0.2, 0) is 11.2 Å². The Hall–Kier alpha value is -3.97. The first-order chi connectivity index (χ1) is 16.4. The van der Waals surface area contributed by atoms with Crippen LogP contribution in [0.5, 0.6) is 5.75 Å². The minimum absolute atomic E-state index is 0.120. The van der Waals surface area contributed by atoms with Crippen molar-refractivity contribution in [3.8, 4) is 5.75 Å². The van der Waals surface area contributed by atoms with Gasteiger partial charge >= 0.3 is 0 Å². The van der Waals surface area contributed by atoms with Crippen molar-refractivity contribution in [3.63, 3.8) is 0 Å². The molecule has 1 aromatic heterocycles. The number of phenolic OH excluding ortho intramolecular Hbond substituents is 1. The number of rotatable bonds is 8. The lowest BCUT2D eigenvalue weighted by Crippen LogP contribution is -2.29. The van der Waals surface area contributed by atoms with Gasteiger partial charge < -0.3 is 10.4 Å². The zero-order valence-electron chi connectivity index (χ0n) is 18.1. The van der Waals surface area contributed by atoms with Crippen molar-refractivity contribution in [3.05, 3.63) is 111 Å². The van der Waals surface area contributed by atoms with Gasteiger partial charge in [-0.15, -0.1) is 0 Å². The lowest BCUT2D eigenvalue weighted by atomic mass is 9.95. The Labute approximate surface area is 201 Å². The van der Waals surface area contributed by atoms with Crippen LogP contribution in [-0.4, -0.2) is 20.9 Å². The highest BCUT2D eigenvalue weighted by atomic mass is 35.5. The molecule has 0 aliphatic carbocycles. The molecule has 4 rings (SSSR count). The molecule has 3 aromatic carbocycles. The largest absolute Gasteiger partial charge is 0.505 e. The number of carbonyl (C=O) groups is 1. The van der Waals surface area contributed by atoms with Crippen molar-refractivity contribution in [2.24, 2.45) is 0 Å². The molecule has 0 aliphatic rings. The lowest BCUT2D eigenvalue weighted by molar-refractivity contribution is -0.384. The molecule has 4 aromatic rings. The Kier molecular flexibility index (Phi) is 7.04. The zero-order valence-corrected chi connectivity index (χ0v) is 18.9. The Morgan fingerprint density at radius 1 is 1.09 bits per heavy atom. The van der Waals surface area contributed by atoms with Crippen molar-refractivity contribution in [1.82, 2.24) is 10.3 Å². The number of nitro groups is 1. The van der Waals surface area contributed by atoms with Crippen molar-refractivity contribution in [1.29, 1.82) is 0 Å². The van der Waals surface area contributed by atoms with Gasteiger partial charge in [0.25, 0.3) is 5.69 Å². The SMILES string of the molecule is O=C(CCCc1ccccc1)NC(c1cccc([N+](=O)[O-])c1)c1cc(Cl)c2cccnc2c1O. The second kappa shape index (κ2) is 10.3. The highest BCUT2D eigenvalue weighted by Gasteiger charge is 2.24. The third-order valence-electron chi connectivity index (χ3n) is 5.59. The predicted molar refractivity (Wildman–Crippen MR) is 131 cm³/mol. The van der Waals surface area contributed by atoms with Crippen LogP contribution in [0.1, 0.15) is 35.6 Å². The summed E-state index contributed by atoms with van der Waals surface area (Å²) in [5.41, 5.74) is 2.07. The average Bonchev–Trinajstić information content (AvgIpc) is 2.86. The fourth-order valence-corrected chi connectivity index (χ4v) is 4.19. The number of non-ortho nitro benzene ring substituents is 1. The van der Waals surface area contributed by atoms with Crippen LogP contribution in [0.4, 0.5) is 5.69 Å². The van der Waals surface area contributed by atoms with Gasteiger partial charge in [-0.25, -0.2) is 0 Å². The number of hydrogen-bond acceptors (Lipinski definition) is 5. The monoisotopic (exact) mass is 475 g/mol. The highest BCUT2D eigenvalue weighted by molar-refractivity contribution is 6.35. The number of aryl methyl sites for hydroxylation is 1. The minimum atomic E-state index is -0.854. The first kappa shape index (κ1) is 23.2. The van der Waals surface area contributed by atoms with E-state index in [1.54, 1.807) is 30.3 Å². The Morgan fingerprint density at radius 3 is 2.65 bits per heavy atom. The molecule has 0 spiro atoms. The average molecular weight is 476 g/mol. The molecule has 0 saturated carbocycles. The maximum Gasteiger partial charge on any atom is 0.269 e. The summed E-state index contributed by atoms with van der Waals surface area (Å²) in [7, 11) is 0. The number of pyridine rings is 1. The number of phenols is 1. The van der Waals surface area contributed by atoms with E-state index in [-0.39, 0.29) is 23.8 Å². The van der Waals surface area contributed by atoms with Gasteiger partial charge in [-0.05, 0) is 42.2 Å². The maximum atomic E-state index is 12.9. The first-order valence-electron chi connectivity index (χ1n) is 10.8. The summed E-state index contributed by atoms with van der Waals surface area (Å²) in [5, 5.41) is 26.2. The van der Waals surface area contributed by atoms with Gasteiger partial charge in [0.1, 0.15) is 11.3 Å². The van der Waals surface area contributed by atoms with E-state index < -0.39 is 11.0 Å². The first-order valence-corrected chi connectivity index (χ1v) is 11.2. The molecule has 7 nitrogen and oxygen atoms in total. The van der Waals surface area contributed by atoms with Crippen LogP contribution in [0.2, 0.25) is 5.02 Å². The molecule has 1 atom stereocenters. The van der Waals surface area contributed by atoms with Crippen molar-refractivity contribution in [2.45, 2.75) is 25.3 Å². The van der Waals surface area contributed by atoms with E-state index in [4.69, 9.17) is 11.6 Å². The van der Waals surface area contributed by atoms with Gasteiger partial charge in [0.15, 0.2) is 0 Å². The number of fused-ring (bicyclic) bond motifs is 1. The van der Waals surface area contributed by atoms with E-state index in [1.165, 1.54) is 18.3 Å². The van der Waals surface area contributed by atoms with E-state index in [0.29, 0.717) is 33.5 Å². The molecule has 0 saturated heterocycles. The lowest BCUT2D eigenvalue weighted by Gasteiger charge is -2.22. The van der Waals surface area contributed by atoms with Crippen LogP contribution in [0.3, 0.4) is 0 Å². The third kappa shape index (κ3) is 5.15. The summed E-state index contributed by atoms with van der Waals surface area (Å²) < 4.78 is 0. The minimum Gasteiger partial charge on any atom is -0.505 e. The standard InChI is InChI=1S/C26H22ClN3O4/c27-22-16-21(26(32)25-20(22)12-6-14-28-25)24(18-10-5-11-19(15-18)30(33)34)29-23(31)13-4-9-17-7-2-1-3-8-17/h1-3,5-8,10-12,14-16,24,32H,4,9,13H2,(H,29,31). The van der Waals surface area contributed by atoms with Crippen molar-refractivity contribution < 1.29 is 14.8 Å². The summed E-state index contributed by atoms with van der Waals surface area (Å²) in [6, 6.07) is 20.0. The molecule has 2 N–H and O–H groups in total. The number of nitrogens with one attached hydrogen (secondary N) is 1. The molecule has 8 heteroatoms. The Bertz CT molecular complexity index is 1340. The number of benzene rings is 3. The fraction of sp³-hybridized carbons (Fsp3) is 0.154. The van der Waals surface area contributed by atoms with E-state index in [9.17, 15) is 20.0 Å². The predicted octanol–water partition coefficient (Wildman–Crippen LogP) is 5.73. The molecule has 0 aliphatic heterocycles. The van der Waals surface area contributed by atoms with E-state index in [1.807, 2.05) is 30.3 Å². The fourth-order valence-electron chi connectivity index (χ4n) is 3.92. The topological polar surface area (TPSA) is 105 Å². The quantitative estimate of drug-likeness (QED) is 0.250. The van der Waals surface area contributed by atoms with Crippen LogP contribution >= 0.6 is 11.6 Å². The normalized spacial score (nSPS) is 11.8. The van der Waals surface area contributed by atoms with Crippen LogP contribution in [0.25, 0.3) is 10.9 Å². The Balaban J connectivity index is 1.66. The number of nitrogens with zero attached hydrogens (tertiary/aromatic N) is 2. The molecule has 0 radical (unpaired) electrons. The van der Waals surface area contributed by atoms with Gasteiger partial charge in [0.2, 0.25) is 5.91 Å². The van der Waals surface area contributed by atoms with Gasteiger partial charge in [-0.3, -0.25) is 19.9 Å². The molecular formula is C26H22ClN3O4. The molecule has 0 fully saturated rings. The highest BCUT2D eigenvalue weighted by Crippen LogP contribution is 2.39. The summed E-state index contributed by atoms with van der Waals surface area (Å²) in [4.78, 5) is 28.0. The van der Waals surface area contributed by atoms with Crippen molar-refractivity contribution in [2.75, 3.05) is 0 Å². The summed E-state index contributed by atoms with van der Waals surface area (Å²) in [6.07, 6.45) is 3.16. The maximum absolute atomic E-state index is 12.9. The molecule has 1 amide bonds. The summed E-state index contributed by atoms with van der Waals surface area (Å²) in [6.45, 7) is 0. The molecule has 34 heavy (non-hydrogen) atoms. The van der Waals surface area contributed by atoms with Gasteiger partial charge in [0, 0.05) is 35.7 Å². The molecule has 172 valence electrons. The molecular weight excluding hydrogens is 454 g/mol. The molecule has 0 bridgehead atoms. The number of hydrogen-bond donors (Lipinski definition) is 2. The summed E-state index contributed by atoms with van der Waals surface area (Å²) >= 11 is 6.46. The van der Waals surface area contributed by atoms with Gasteiger partial charge in [0.05, 0.1) is 16.0 Å². The van der Waals surface area contributed by atoms with Crippen LogP contribution in [0, 0.1) is 10.1 Å². The third-order valence-corrected chi connectivity index (χ3v) is 5.90. The van der Waals surface area contributed by atoms with E-state index in [2.05, 4.69) is 10.3 Å². The van der Waals surface area contributed by atoms with E-state index in [0.717, 1.165) is 12.0 Å². The number of aromatic hydroxyl groups is 1. The smallest absolute Gasteiger partial charge is 0.269 e. The van der Waals surface area contributed by atoms with Gasteiger partial charge in [-0.2, -0.15) is 0 Å². The zero-order chi connectivity index (χ0) is 24.1. The van der Waals surface area contributed by atoms with Crippen LogP contribution in [0.15, 0.2) is 79.0 Å². The van der Waals surface area contributed by atoms with E-state index >= 15 is 0 Å². The second-order valence-corrected chi connectivity index (χ2v) is 8.29. The number of nitro benzene ring substituents is 1. The number of amides is 1. The second-order valence-electron chi connectivity index (χ2n) is 7.89. The molecule has 1 unspecified atom stereocenters. The number of aromatic nitrogens is 1. The number of halogens is 1. The number of carbonyl (C=O) groups excluding carboxylic acids is 1. The van der Waals surface area contributed by atoms with Gasteiger partial charge in [-0.1, -0.05) is 54.1 Å². The van der Waals surface area contributed by atoms with Crippen molar-refractivity contribution >= 4 is 34.1 Å². The Morgan fingerprint density at radius 2 is 1.88 bits per heavy atom. The summed E-state index contributed by atoms with van der Waals surface area (Å²) in [5.74, 6) is -0.384.